The molecule has 2 amide bonds. The van der Waals surface area contributed by atoms with Crippen molar-refractivity contribution in [2.75, 3.05) is 55.7 Å². The van der Waals surface area contributed by atoms with E-state index in [1.165, 1.54) is 11.0 Å². The van der Waals surface area contributed by atoms with E-state index in [0.29, 0.717) is 49.8 Å². The molecule has 4 fully saturated rings. The van der Waals surface area contributed by atoms with Crippen LogP contribution in [0.4, 0.5) is 24.7 Å². The number of nitriles is 1. The van der Waals surface area contributed by atoms with E-state index >= 15 is 0 Å². The quantitative estimate of drug-likeness (QED) is 0.120. The van der Waals surface area contributed by atoms with Crippen molar-refractivity contribution in [3.05, 3.63) is 47.5 Å². The predicted molar refractivity (Wildman–Crippen MR) is 224 cm³/mol. The molecule has 4 heterocycles. The minimum atomic E-state index is -4.75. The summed E-state index contributed by atoms with van der Waals surface area (Å²) in [5.41, 5.74) is -1.83. The van der Waals surface area contributed by atoms with Crippen LogP contribution in [0.3, 0.4) is 0 Å². The fraction of sp³-hybridized carbons (Fsp3) is 0.581. The molecule has 1 aliphatic carbocycles. The average Bonchev–Trinajstić information content (AvgIpc) is 3.62. The molecule has 3 saturated heterocycles. The van der Waals surface area contributed by atoms with Gasteiger partial charge in [-0.2, -0.15) is 23.5 Å². The number of piperidine rings is 1. The highest BCUT2D eigenvalue weighted by Gasteiger charge is 2.52. The lowest BCUT2D eigenvalue weighted by atomic mass is 9.89. The molecule has 4 aliphatic rings. The molecule has 1 saturated carbocycles. The molecule has 3 aromatic rings. The number of nitrogens with zero attached hydrogens (tertiary/aromatic N) is 8. The SMILES string of the molecule is C[C@@H]1CN(CCOC2CCC(N3C(=S)N(c4ccc(C#N)c(C(F)(F)F)c4)C(=O)C3(C)C)CC2)C[C@H](C)N1CCCOc1cccc2c(N3CCC(=O)CC3=O)nn(C)c12. The number of aromatic nitrogens is 2. The van der Waals surface area contributed by atoms with Crippen molar-refractivity contribution in [3.63, 3.8) is 0 Å². The lowest BCUT2D eigenvalue weighted by Gasteiger charge is -2.44. The van der Waals surface area contributed by atoms with E-state index in [1.54, 1.807) is 29.5 Å². The van der Waals surface area contributed by atoms with Crippen LogP contribution in [-0.2, 0) is 32.3 Å². The lowest BCUT2D eigenvalue weighted by molar-refractivity contribution is -0.138. The number of rotatable bonds is 12. The first-order valence-electron chi connectivity index (χ1n) is 20.8. The molecule has 17 heteroatoms. The van der Waals surface area contributed by atoms with Gasteiger partial charge in [0.05, 0.1) is 48.6 Å². The minimum absolute atomic E-state index is 0.00204. The van der Waals surface area contributed by atoms with Crippen LogP contribution in [-0.4, -0.2) is 123 Å². The van der Waals surface area contributed by atoms with Gasteiger partial charge in [-0.15, -0.1) is 0 Å². The topological polar surface area (TPSA) is 127 Å². The highest BCUT2D eigenvalue weighted by atomic mass is 32.1. The number of carbonyl (C=O) groups is 3. The number of piperazine rings is 1. The van der Waals surface area contributed by atoms with E-state index in [1.807, 2.05) is 30.1 Å². The van der Waals surface area contributed by atoms with Crippen LogP contribution in [0.2, 0.25) is 0 Å². The normalized spacial score (nSPS) is 24.5. The summed E-state index contributed by atoms with van der Waals surface area (Å²) < 4.78 is 55.7. The second-order valence-electron chi connectivity index (χ2n) is 17.0. The van der Waals surface area contributed by atoms with E-state index < -0.39 is 28.7 Å². The first kappa shape index (κ1) is 43.5. The number of thiocarbonyl (C=S) groups is 1. The standard InChI is InChI=1S/C43H53F3N8O5S/c1-27-25-50(26-28(2)51(27)17-7-20-59-36-9-6-8-34-38(36)49(5)48-39(34)52-18-16-32(55)23-37(52)56)19-21-58-33-14-12-30(13-15-33)54-41(60)53(40(57)42(54,3)4)31-11-10-29(24-47)35(22-31)43(44,45)46/h6,8-11,22,27-28,30,33H,7,12-21,23,25-26H2,1-5H3/t27-,28+,30?,33?. The van der Waals surface area contributed by atoms with Crippen molar-refractivity contribution in [2.45, 2.75) is 109 Å². The van der Waals surface area contributed by atoms with Crippen LogP contribution < -0.4 is 14.5 Å². The Bertz CT molecular complexity index is 2170. The zero-order valence-corrected chi connectivity index (χ0v) is 35.7. The van der Waals surface area contributed by atoms with Crippen LogP contribution in [0.5, 0.6) is 5.75 Å². The molecular weight excluding hydrogens is 798 g/mol. The first-order valence-corrected chi connectivity index (χ1v) is 21.2. The van der Waals surface area contributed by atoms with E-state index in [9.17, 15) is 32.8 Å². The van der Waals surface area contributed by atoms with Gasteiger partial charge in [0.25, 0.3) is 5.91 Å². The van der Waals surface area contributed by atoms with Gasteiger partial charge in [-0.25, -0.2) is 0 Å². The summed E-state index contributed by atoms with van der Waals surface area (Å²) in [7, 11) is 1.84. The molecule has 0 bridgehead atoms. The van der Waals surface area contributed by atoms with Gasteiger partial charge in [-0.05, 0) is 102 Å². The summed E-state index contributed by atoms with van der Waals surface area (Å²) in [6.45, 7) is 13.0. The van der Waals surface area contributed by atoms with Crippen LogP contribution in [0.1, 0.15) is 83.8 Å². The molecule has 2 atom stereocenters. The molecule has 1 aromatic heterocycles. The third-order valence-corrected chi connectivity index (χ3v) is 12.9. The Morgan fingerprint density at radius 1 is 1.00 bits per heavy atom. The predicted octanol–water partition coefficient (Wildman–Crippen LogP) is 6.06. The molecule has 7 rings (SSSR count). The summed E-state index contributed by atoms with van der Waals surface area (Å²) in [5, 5.41) is 14.9. The number of para-hydroxylation sites is 1. The fourth-order valence-corrected chi connectivity index (χ4v) is 10.1. The van der Waals surface area contributed by atoms with Crippen molar-refractivity contribution in [2.24, 2.45) is 7.05 Å². The third-order valence-electron chi connectivity index (χ3n) is 12.5. The second kappa shape index (κ2) is 17.4. The Hall–Kier alpha value is -4.63. The molecule has 0 unspecified atom stereocenters. The summed E-state index contributed by atoms with van der Waals surface area (Å²) in [6, 6.07) is 11.2. The molecule has 3 aliphatic heterocycles. The molecular formula is C43H53F3N8O5S. The summed E-state index contributed by atoms with van der Waals surface area (Å²) in [4.78, 5) is 47.7. The number of anilines is 2. The zero-order chi connectivity index (χ0) is 43.1. The summed E-state index contributed by atoms with van der Waals surface area (Å²) >= 11 is 5.76. The van der Waals surface area contributed by atoms with Crippen molar-refractivity contribution < 1.29 is 37.0 Å². The van der Waals surface area contributed by atoms with Crippen molar-refractivity contribution in [3.8, 4) is 11.8 Å². The maximum absolute atomic E-state index is 13.8. The number of amides is 2. The number of aryl methyl sites for hydroxylation is 1. The van der Waals surface area contributed by atoms with Crippen LogP contribution in [0.15, 0.2) is 36.4 Å². The number of alkyl halides is 3. The molecule has 60 heavy (non-hydrogen) atoms. The van der Waals surface area contributed by atoms with Gasteiger partial charge in [0.15, 0.2) is 10.9 Å². The van der Waals surface area contributed by atoms with Crippen LogP contribution in [0, 0.1) is 11.3 Å². The van der Waals surface area contributed by atoms with E-state index in [0.717, 1.165) is 81.3 Å². The number of halogens is 3. The fourth-order valence-electron chi connectivity index (χ4n) is 9.53. The van der Waals surface area contributed by atoms with Gasteiger partial charge in [0, 0.05) is 69.7 Å². The Labute approximate surface area is 353 Å². The van der Waals surface area contributed by atoms with Gasteiger partial charge in [0.2, 0.25) is 5.91 Å². The second-order valence-corrected chi connectivity index (χ2v) is 17.4. The molecule has 13 nitrogen and oxygen atoms in total. The molecule has 0 radical (unpaired) electrons. The van der Waals surface area contributed by atoms with E-state index in [4.69, 9.17) is 21.7 Å². The van der Waals surface area contributed by atoms with Gasteiger partial charge < -0.3 is 14.4 Å². The first-order chi connectivity index (χ1) is 28.5. The van der Waals surface area contributed by atoms with Gasteiger partial charge in [-0.3, -0.25) is 38.7 Å². The maximum atomic E-state index is 13.8. The number of fused-ring (bicyclic) bond motifs is 1. The minimum Gasteiger partial charge on any atom is -0.491 e. The number of carbonyl (C=O) groups excluding carboxylic acids is 3. The van der Waals surface area contributed by atoms with Gasteiger partial charge in [-0.1, -0.05) is 6.07 Å². The largest absolute Gasteiger partial charge is 0.491 e. The van der Waals surface area contributed by atoms with E-state index in [2.05, 4.69) is 28.7 Å². The lowest BCUT2D eigenvalue weighted by Crippen LogP contribution is -2.57. The Balaban J connectivity index is 0.849. The van der Waals surface area contributed by atoms with Crippen LogP contribution in [0.25, 0.3) is 10.9 Å². The monoisotopic (exact) mass is 850 g/mol. The smallest absolute Gasteiger partial charge is 0.417 e. The average molecular weight is 851 g/mol. The summed E-state index contributed by atoms with van der Waals surface area (Å²) in [6.07, 6.45) is -0.587. The van der Waals surface area contributed by atoms with Crippen LogP contribution >= 0.6 is 12.2 Å². The number of Topliss-reactive ketones (excluding diaryl/α,β-unsaturated/α-hetero) is 1. The zero-order valence-electron chi connectivity index (χ0n) is 34.8. The number of benzene rings is 2. The van der Waals surface area contributed by atoms with E-state index in [-0.39, 0.29) is 41.1 Å². The van der Waals surface area contributed by atoms with Crippen molar-refractivity contribution in [1.29, 1.82) is 5.26 Å². The Morgan fingerprint density at radius 2 is 1.72 bits per heavy atom. The number of ketones is 1. The van der Waals surface area contributed by atoms with Gasteiger partial charge in [0.1, 0.15) is 22.6 Å². The van der Waals surface area contributed by atoms with Gasteiger partial charge >= 0.3 is 6.18 Å². The molecule has 2 aromatic carbocycles. The number of ether oxygens (including phenoxy) is 2. The molecule has 322 valence electrons. The Kier molecular flexibility index (Phi) is 12.6. The number of hydrogen-bond donors (Lipinski definition) is 0. The van der Waals surface area contributed by atoms with Crippen molar-refractivity contribution >= 4 is 57.3 Å². The molecule has 0 spiro atoms. The number of hydrogen-bond acceptors (Lipinski definition) is 10. The third kappa shape index (κ3) is 8.61. The maximum Gasteiger partial charge on any atom is 0.417 e. The summed E-state index contributed by atoms with van der Waals surface area (Å²) in [5.74, 6) is 0.607. The van der Waals surface area contributed by atoms with Crippen molar-refractivity contribution in [1.82, 2.24) is 24.5 Å². The Morgan fingerprint density at radius 3 is 2.38 bits per heavy atom. The molecule has 0 N–H and O–H groups in total. The highest BCUT2D eigenvalue weighted by Crippen LogP contribution is 2.41. The highest BCUT2D eigenvalue weighted by molar-refractivity contribution is 7.80.